The fourth-order valence-corrected chi connectivity index (χ4v) is 4.87. The fourth-order valence-electron chi connectivity index (χ4n) is 2.78. The van der Waals surface area contributed by atoms with Gasteiger partial charge in [0.05, 0.1) is 4.88 Å². The number of hydrogen-bond donors (Lipinski definition) is 2. The van der Waals surface area contributed by atoms with Crippen molar-refractivity contribution in [3.8, 4) is 0 Å². The molecule has 1 aliphatic carbocycles. The Morgan fingerprint density at radius 1 is 1.28 bits per heavy atom. The molecular weight excluding hydrogens is 370 g/mol. The molecule has 0 radical (unpaired) electrons. The highest BCUT2D eigenvalue weighted by Crippen LogP contribution is 2.32. The lowest BCUT2D eigenvalue weighted by Gasteiger charge is -2.16. The SMILES string of the molecule is CC1CCc2sc(C(=O)NNS(=O)(=O)c3c(F)cccc3F)cc2C1. The van der Waals surface area contributed by atoms with Crippen molar-refractivity contribution in [2.75, 3.05) is 0 Å². The molecule has 0 bridgehead atoms. The monoisotopic (exact) mass is 386 g/mol. The van der Waals surface area contributed by atoms with Gasteiger partial charge in [0, 0.05) is 4.88 Å². The molecule has 0 aliphatic heterocycles. The largest absolute Gasteiger partial charge is 0.276 e. The predicted octanol–water partition coefficient (Wildman–Crippen LogP) is 2.77. The van der Waals surface area contributed by atoms with E-state index in [1.807, 2.05) is 5.43 Å². The Morgan fingerprint density at radius 3 is 2.64 bits per heavy atom. The number of halogens is 2. The minimum Gasteiger partial charge on any atom is -0.273 e. The number of amides is 1. The third-order valence-corrected chi connectivity index (χ3v) is 6.57. The van der Waals surface area contributed by atoms with Gasteiger partial charge in [-0.1, -0.05) is 13.0 Å². The summed E-state index contributed by atoms with van der Waals surface area (Å²) in [6.07, 6.45) is 2.82. The molecule has 0 saturated carbocycles. The van der Waals surface area contributed by atoms with Crippen LogP contribution >= 0.6 is 11.3 Å². The van der Waals surface area contributed by atoms with Crippen LogP contribution in [0.2, 0.25) is 0 Å². The van der Waals surface area contributed by atoms with E-state index < -0.39 is 32.5 Å². The van der Waals surface area contributed by atoms with E-state index in [1.165, 1.54) is 11.3 Å². The van der Waals surface area contributed by atoms with Gasteiger partial charge in [-0.2, -0.15) is 0 Å². The highest BCUT2D eigenvalue weighted by molar-refractivity contribution is 7.89. The molecule has 2 N–H and O–H groups in total. The molecule has 1 aromatic heterocycles. The minimum absolute atomic E-state index is 0.357. The Morgan fingerprint density at radius 2 is 1.96 bits per heavy atom. The third kappa shape index (κ3) is 3.73. The van der Waals surface area contributed by atoms with Gasteiger partial charge in [0.2, 0.25) is 0 Å². The lowest BCUT2D eigenvalue weighted by molar-refractivity contribution is 0.0949. The van der Waals surface area contributed by atoms with Gasteiger partial charge in [-0.05, 0) is 48.9 Å². The highest BCUT2D eigenvalue weighted by Gasteiger charge is 2.25. The molecule has 2 aromatic rings. The average molecular weight is 386 g/mol. The molecule has 0 fully saturated rings. The number of rotatable bonds is 4. The number of carbonyl (C=O) groups is 1. The van der Waals surface area contributed by atoms with Gasteiger partial charge in [-0.15, -0.1) is 16.2 Å². The smallest absolute Gasteiger partial charge is 0.273 e. The zero-order valence-electron chi connectivity index (χ0n) is 13.3. The van der Waals surface area contributed by atoms with Crippen molar-refractivity contribution in [3.05, 3.63) is 51.2 Å². The molecule has 0 saturated heterocycles. The number of sulfonamides is 1. The Hall–Kier alpha value is -1.84. The molecule has 1 unspecified atom stereocenters. The van der Waals surface area contributed by atoms with Crippen LogP contribution in [-0.4, -0.2) is 14.3 Å². The van der Waals surface area contributed by atoms with Gasteiger partial charge in [0.25, 0.3) is 15.9 Å². The highest BCUT2D eigenvalue weighted by atomic mass is 32.2. The molecular formula is C16H16F2N2O3S2. The lowest BCUT2D eigenvalue weighted by atomic mass is 9.90. The van der Waals surface area contributed by atoms with Gasteiger partial charge in [-0.3, -0.25) is 10.2 Å². The van der Waals surface area contributed by atoms with Crippen molar-refractivity contribution in [1.82, 2.24) is 10.3 Å². The zero-order valence-corrected chi connectivity index (χ0v) is 14.9. The number of hydrogen-bond acceptors (Lipinski definition) is 4. The summed E-state index contributed by atoms with van der Waals surface area (Å²) in [5.74, 6) is -2.59. The van der Waals surface area contributed by atoms with Crippen LogP contribution in [0.4, 0.5) is 8.78 Å². The van der Waals surface area contributed by atoms with E-state index in [0.29, 0.717) is 10.8 Å². The van der Waals surface area contributed by atoms with Crippen LogP contribution in [0.25, 0.3) is 0 Å². The quantitative estimate of drug-likeness (QED) is 0.794. The predicted molar refractivity (Wildman–Crippen MR) is 89.7 cm³/mol. The number of benzene rings is 1. The lowest BCUT2D eigenvalue weighted by Crippen LogP contribution is -2.41. The zero-order chi connectivity index (χ0) is 18.2. The molecule has 1 aliphatic rings. The van der Waals surface area contributed by atoms with Crippen molar-refractivity contribution >= 4 is 27.3 Å². The fraction of sp³-hybridized carbons (Fsp3) is 0.312. The van der Waals surface area contributed by atoms with Crippen molar-refractivity contribution in [2.24, 2.45) is 5.92 Å². The van der Waals surface area contributed by atoms with Crippen LogP contribution in [0.15, 0.2) is 29.2 Å². The molecule has 0 spiro atoms. The number of thiophene rings is 1. The number of carbonyl (C=O) groups excluding carboxylic acids is 1. The second kappa shape index (κ2) is 6.81. The number of aryl methyl sites for hydroxylation is 1. The summed E-state index contributed by atoms with van der Waals surface area (Å²) in [6, 6.07) is 4.45. The number of fused-ring (bicyclic) bond motifs is 1. The molecule has 5 nitrogen and oxygen atoms in total. The molecule has 1 amide bonds. The second-order valence-electron chi connectivity index (χ2n) is 6.02. The van der Waals surface area contributed by atoms with Crippen LogP contribution < -0.4 is 10.3 Å². The molecule has 3 rings (SSSR count). The van der Waals surface area contributed by atoms with Crippen molar-refractivity contribution in [2.45, 2.75) is 31.1 Å². The average Bonchev–Trinajstić information content (AvgIpc) is 2.95. The molecule has 1 heterocycles. The van der Waals surface area contributed by atoms with E-state index in [0.717, 1.165) is 47.9 Å². The molecule has 134 valence electrons. The topological polar surface area (TPSA) is 75.3 Å². The van der Waals surface area contributed by atoms with Crippen LogP contribution in [0.3, 0.4) is 0 Å². The number of nitrogens with one attached hydrogen (secondary N) is 2. The minimum atomic E-state index is -4.56. The molecule has 25 heavy (non-hydrogen) atoms. The maximum atomic E-state index is 13.6. The normalized spacial score (nSPS) is 17.2. The van der Waals surface area contributed by atoms with Crippen LogP contribution in [0, 0.1) is 17.6 Å². The first-order valence-corrected chi connectivity index (χ1v) is 9.95. The maximum absolute atomic E-state index is 13.6. The van der Waals surface area contributed by atoms with E-state index in [9.17, 15) is 22.0 Å². The van der Waals surface area contributed by atoms with E-state index >= 15 is 0 Å². The standard InChI is InChI=1S/C16H16F2N2O3S2/c1-9-5-6-13-10(7-9)8-14(24-13)16(21)19-20-25(22,23)15-11(17)3-2-4-12(15)18/h2-4,8-9,20H,5-7H2,1H3,(H,19,21). The summed E-state index contributed by atoms with van der Waals surface area (Å²) in [7, 11) is -4.56. The van der Waals surface area contributed by atoms with Gasteiger partial charge in [0.15, 0.2) is 4.90 Å². The van der Waals surface area contributed by atoms with Gasteiger partial charge in [0.1, 0.15) is 11.6 Å². The molecule has 1 atom stereocenters. The Bertz CT molecular complexity index is 905. The Labute approximate surface area is 148 Å². The van der Waals surface area contributed by atoms with Gasteiger partial charge in [-0.25, -0.2) is 17.2 Å². The van der Waals surface area contributed by atoms with Crippen LogP contribution in [0.5, 0.6) is 0 Å². The molecule has 1 aromatic carbocycles. The Balaban J connectivity index is 1.74. The van der Waals surface area contributed by atoms with Crippen molar-refractivity contribution in [3.63, 3.8) is 0 Å². The summed E-state index contributed by atoms with van der Waals surface area (Å²) in [5, 5.41) is 0. The van der Waals surface area contributed by atoms with Crippen LogP contribution in [0.1, 0.15) is 33.5 Å². The second-order valence-corrected chi connectivity index (χ2v) is 8.77. The molecule has 9 heteroatoms. The van der Waals surface area contributed by atoms with Crippen LogP contribution in [-0.2, 0) is 22.9 Å². The number of hydrazine groups is 1. The Kier molecular flexibility index (Phi) is 4.90. The first-order valence-electron chi connectivity index (χ1n) is 7.65. The van der Waals surface area contributed by atoms with E-state index in [-0.39, 0.29) is 0 Å². The first kappa shape index (κ1) is 18.0. The van der Waals surface area contributed by atoms with E-state index in [4.69, 9.17) is 0 Å². The van der Waals surface area contributed by atoms with Crippen molar-refractivity contribution < 1.29 is 22.0 Å². The summed E-state index contributed by atoms with van der Waals surface area (Å²) < 4.78 is 51.3. The van der Waals surface area contributed by atoms with Crippen molar-refractivity contribution in [1.29, 1.82) is 0 Å². The third-order valence-electron chi connectivity index (χ3n) is 4.04. The van der Waals surface area contributed by atoms with Gasteiger partial charge < -0.3 is 0 Å². The van der Waals surface area contributed by atoms with E-state index in [2.05, 4.69) is 6.92 Å². The first-order chi connectivity index (χ1) is 11.8. The van der Waals surface area contributed by atoms with E-state index in [1.54, 1.807) is 10.9 Å². The summed E-state index contributed by atoms with van der Waals surface area (Å²) in [4.78, 5) is 14.3. The summed E-state index contributed by atoms with van der Waals surface area (Å²) >= 11 is 1.30. The van der Waals surface area contributed by atoms with Gasteiger partial charge >= 0.3 is 0 Å². The summed E-state index contributed by atoms with van der Waals surface area (Å²) in [6.45, 7) is 2.14. The maximum Gasteiger partial charge on any atom is 0.276 e. The summed E-state index contributed by atoms with van der Waals surface area (Å²) in [5.41, 5.74) is 3.11.